The summed E-state index contributed by atoms with van der Waals surface area (Å²) in [5, 5.41) is 6.53. The van der Waals surface area contributed by atoms with Crippen LogP contribution in [0.15, 0.2) is 140 Å². The highest BCUT2D eigenvalue weighted by atomic mass is 16.5. The quantitative estimate of drug-likeness (QED) is 0.0500. The molecule has 0 aliphatic heterocycles. The van der Waals surface area contributed by atoms with Crippen LogP contribution in [0.2, 0.25) is 0 Å². The zero-order valence-corrected chi connectivity index (χ0v) is 47.5. The molecule has 0 fully saturated rings. The van der Waals surface area contributed by atoms with E-state index in [0.29, 0.717) is 54.8 Å². The zero-order chi connectivity index (χ0) is 55.3. The molecule has 0 radical (unpaired) electrons. The number of terminal acetylenes is 2. The molecule has 0 bridgehead atoms. The normalized spacial score (nSPS) is 11.9. The molecule has 0 spiro atoms. The van der Waals surface area contributed by atoms with Crippen LogP contribution in [0.3, 0.4) is 0 Å². The van der Waals surface area contributed by atoms with Crippen LogP contribution in [0, 0.1) is 78.0 Å². The van der Waals surface area contributed by atoms with Crippen molar-refractivity contribution in [2.45, 2.75) is 119 Å². The van der Waals surface area contributed by atoms with Gasteiger partial charge in [-0.3, -0.25) is 0 Å². The van der Waals surface area contributed by atoms with Crippen LogP contribution >= 0.6 is 0 Å². The third-order valence-corrected chi connectivity index (χ3v) is 15.4. The van der Waals surface area contributed by atoms with Gasteiger partial charge in [-0.2, -0.15) is 0 Å². The predicted molar refractivity (Wildman–Crippen MR) is 334 cm³/mol. The Bertz CT molecular complexity index is 3600. The van der Waals surface area contributed by atoms with Gasteiger partial charge in [0.25, 0.3) is 0 Å². The van der Waals surface area contributed by atoms with Crippen molar-refractivity contribution in [2.24, 2.45) is 17.8 Å². The third-order valence-electron chi connectivity index (χ3n) is 15.4. The topological polar surface area (TPSA) is 27.7 Å². The highest BCUT2D eigenvalue weighted by Crippen LogP contribution is 2.41. The second-order valence-electron chi connectivity index (χ2n) is 21.0. The molecule has 0 saturated heterocycles. The van der Waals surface area contributed by atoms with E-state index >= 15 is 0 Å². The Morgan fingerprint density at radius 1 is 0.380 bits per heavy atom. The monoisotopic (exact) mass is 1040 g/mol. The third kappa shape index (κ3) is 14.9. The molecule has 0 aliphatic rings. The SMILES string of the molecule is C#Cc1ccc(C#C)c(C#Cc2ccc(-c3ccc(C#Cc4c5ccccc5c(C#Cc5cc(OCC(CC)CCCC)c(OCC(CC)CCCC)c(OCC(CC)CCCC)c5)c5cc6ccccc6cc45)cc3)cc2)c1. The number of unbranched alkanes of at least 4 members (excludes halogenated alkanes) is 3. The summed E-state index contributed by atoms with van der Waals surface area (Å²) in [4.78, 5) is 0. The van der Waals surface area contributed by atoms with Crippen molar-refractivity contribution < 1.29 is 14.2 Å². The number of rotatable bonds is 22. The van der Waals surface area contributed by atoms with E-state index in [1.54, 1.807) is 0 Å². The highest BCUT2D eigenvalue weighted by Gasteiger charge is 2.21. The van der Waals surface area contributed by atoms with E-state index in [4.69, 9.17) is 27.1 Å². The summed E-state index contributed by atoms with van der Waals surface area (Å²) in [5.74, 6) is 30.0. The van der Waals surface area contributed by atoms with Crippen molar-refractivity contribution in [3.8, 4) is 88.6 Å². The Kier molecular flexibility index (Phi) is 20.8. The van der Waals surface area contributed by atoms with Gasteiger partial charge >= 0.3 is 0 Å². The van der Waals surface area contributed by atoms with Crippen molar-refractivity contribution in [1.29, 1.82) is 0 Å². The second kappa shape index (κ2) is 28.9. The number of hydrogen-bond acceptors (Lipinski definition) is 3. The van der Waals surface area contributed by atoms with E-state index < -0.39 is 0 Å². The lowest BCUT2D eigenvalue weighted by Gasteiger charge is -2.23. The van der Waals surface area contributed by atoms with Crippen LogP contribution in [0.4, 0.5) is 0 Å². The molecule has 0 amide bonds. The Labute approximate surface area is 472 Å². The first-order valence-electron chi connectivity index (χ1n) is 29.1. The van der Waals surface area contributed by atoms with Gasteiger partial charge in [0.1, 0.15) is 0 Å². The van der Waals surface area contributed by atoms with E-state index in [9.17, 15) is 0 Å². The molecule has 8 rings (SSSR count). The largest absolute Gasteiger partial charge is 0.489 e. The lowest BCUT2D eigenvalue weighted by molar-refractivity contribution is 0.180. The van der Waals surface area contributed by atoms with Gasteiger partial charge in [-0.1, -0.05) is 219 Å². The first-order chi connectivity index (χ1) is 38.8. The number of benzene rings is 8. The molecular weight excluding hydrogens is 961 g/mol. The molecule has 0 aromatic heterocycles. The van der Waals surface area contributed by atoms with Gasteiger partial charge in [-0.15, -0.1) is 12.8 Å². The van der Waals surface area contributed by atoms with Gasteiger partial charge < -0.3 is 14.2 Å². The molecular formula is C76H76O3. The first kappa shape index (κ1) is 56.9. The van der Waals surface area contributed by atoms with E-state index in [-0.39, 0.29) is 0 Å². The fourth-order valence-corrected chi connectivity index (χ4v) is 10.2. The average Bonchev–Trinajstić information content (AvgIpc) is 3.63. The molecule has 3 heteroatoms. The standard InChI is InChI=1S/C76H76O3/c1-9-17-24-56(13-5)52-77-74-48-61(49-75(78-53-57(14-6)25-18-10-2)76(74)79-54-58(15-7)26-19-11-3)38-46-71-69-30-23-22-29-68(69)70(72-50-65-27-20-21-28-66(65)51-73(71)72)45-37-60-34-42-64(43-35-60)63-40-32-59(33-41-63)36-44-67-47-55(12-4)31-39-62(67)16-8/h4,8,20-23,27-35,39-43,47-51,56-58H,9-11,13-15,17-19,24-26,52-54H2,1-3,5-7H3. The van der Waals surface area contributed by atoms with Gasteiger partial charge in [0.15, 0.2) is 11.5 Å². The van der Waals surface area contributed by atoms with Crippen molar-refractivity contribution in [1.82, 2.24) is 0 Å². The van der Waals surface area contributed by atoms with E-state index in [0.717, 1.165) is 126 Å². The number of hydrogen-bond donors (Lipinski definition) is 0. The van der Waals surface area contributed by atoms with Gasteiger partial charge in [-0.05, 0) is 147 Å². The molecule has 398 valence electrons. The Morgan fingerprint density at radius 2 is 0.810 bits per heavy atom. The number of ether oxygens (including phenoxy) is 3. The Hall–Kier alpha value is -8.26. The minimum absolute atomic E-state index is 0.442. The predicted octanol–water partition coefficient (Wildman–Crippen LogP) is 18.8. The van der Waals surface area contributed by atoms with Crippen LogP contribution < -0.4 is 14.2 Å². The minimum atomic E-state index is 0.442. The van der Waals surface area contributed by atoms with Crippen LogP contribution in [0.25, 0.3) is 43.4 Å². The molecule has 0 saturated carbocycles. The zero-order valence-electron chi connectivity index (χ0n) is 47.5. The summed E-state index contributed by atoms with van der Waals surface area (Å²) >= 11 is 0. The molecule has 3 nitrogen and oxygen atoms in total. The summed E-state index contributed by atoms with van der Waals surface area (Å²) < 4.78 is 20.7. The van der Waals surface area contributed by atoms with Crippen molar-refractivity contribution in [2.75, 3.05) is 19.8 Å². The summed E-state index contributed by atoms with van der Waals surface area (Å²) in [7, 11) is 0. The molecule has 0 N–H and O–H groups in total. The molecule has 0 heterocycles. The van der Waals surface area contributed by atoms with Gasteiger partial charge in [0, 0.05) is 44.5 Å². The molecule has 8 aromatic carbocycles. The lowest BCUT2D eigenvalue weighted by Crippen LogP contribution is -2.16. The van der Waals surface area contributed by atoms with Gasteiger partial charge in [0.2, 0.25) is 5.75 Å². The summed E-state index contributed by atoms with van der Waals surface area (Å²) in [6, 6.07) is 48.1. The average molecular weight is 1040 g/mol. The number of fused-ring (bicyclic) bond motifs is 3. The fourth-order valence-electron chi connectivity index (χ4n) is 10.2. The van der Waals surface area contributed by atoms with Crippen molar-refractivity contribution in [3.63, 3.8) is 0 Å². The summed E-state index contributed by atoms with van der Waals surface area (Å²) in [6.45, 7) is 15.4. The molecule has 8 aromatic rings. The molecule has 3 unspecified atom stereocenters. The maximum Gasteiger partial charge on any atom is 0.203 e. The summed E-state index contributed by atoms with van der Waals surface area (Å²) in [6.07, 6.45) is 25.0. The Balaban J connectivity index is 1.18. The van der Waals surface area contributed by atoms with Crippen molar-refractivity contribution >= 4 is 32.3 Å². The van der Waals surface area contributed by atoms with Crippen LogP contribution in [-0.2, 0) is 0 Å². The first-order valence-corrected chi connectivity index (χ1v) is 29.1. The van der Waals surface area contributed by atoms with E-state index in [1.165, 1.54) is 38.5 Å². The van der Waals surface area contributed by atoms with E-state index in [2.05, 4.69) is 198 Å². The Morgan fingerprint density at radius 3 is 1.25 bits per heavy atom. The van der Waals surface area contributed by atoms with Crippen LogP contribution in [0.5, 0.6) is 17.2 Å². The fraction of sp³-hybridized carbons (Fsp3) is 0.316. The van der Waals surface area contributed by atoms with Crippen LogP contribution in [0.1, 0.15) is 163 Å². The van der Waals surface area contributed by atoms with Crippen LogP contribution in [-0.4, -0.2) is 19.8 Å². The van der Waals surface area contributed by atoms with Crippen molar-refractivity contribution in [3.05, 3.63) is 184 Å². The maximum absolute atomic E-state index is 6.90. The minimum Gasteiger partial charge on any atom is -0.489 e. The molecule has 3 atom stereocenters. The summed E-state index contributed by atoms with van der Waals surface area (Å²) in [5.41, 5.74) is 8.97. The molecule has 0 aliphatic carbocycles. The second-order valence-corrected chi connectivity index (χ2v) is 21.0. The van der Waals surface area contributed by atoms with Gasteiger partial charge in [-0.25, -0.2) is 0 Å². The maximum atomic E-state index is 6.90. The van der Waals surface area contributed by atoms with Gasteiger partial charge in [0.05, 0.1) is 19.8 Å². The van der Waals surface area contributed by atoms with E-state index in [1.807, 2.05) is 30.3 Å². The molecule has 79 heavy (non-hydrogen) atoms. The lowest BCUT2D eigenvalue weighted by atomic mass is 9.90. The smallest absolute Gasteiger partial charge is 0.203 e. The highest BCUT2D eigenvalue weighted by molar-refractivity contribution is 6.13.